The Bertz CT molecular complexity index is 587. The lowest BCUT2D eigenvalue weighted by molar-refractivity contribution is -0.122. The van der Waals surface area contributed by atoms with Gasteiger partial charge in [0, 0.05) is 32.2 Å². The summed E-state index contributed by atoms with van der Waals surface area (Å²) in [5.41, 5.74) is -0.252. The zero-order chi connectivity index (χ0) is 19.7. The smallest absolute Gasteiger partial charge is 0.240 e. The van der Waals surface area contributed by atoms with E-state index >= 15 is 0 Å². The van der Waals surface area contributed by atoms with Crippen LogP contribution in [0.25, 0.3) is 0 Å². The number of nitrogens with one attached hydrogen (secondary N) is 2. The Hall–Kier alpha value is -2.02. The summed E-state index contributed by atoms with van der Waals surface area (Å²) in [6.07, 6.45) is 5.95. The SMILES string of the molecule is CN(CC(=O)NC(C)(C)C)C(=NCC1CCCCO1)NCCc1ccco1. The quantitative estimate of drug-likeness (QED) is 0.562. The fourth-order valence-corrected chi connectivity index (χ4v) is 2.95. The van der Waals surface area contributed by atoms with Crippen molar-refractivity contribution in [1.29, 1.82) is 0 Å². The maximum absolute atomic E-state index is 12.3. The zero-order valence-corrected chi connectivity index (χ0v) is 17.1. The summed E-state index contributed by atoms with van der Waals surface area (Å²) in [6.45, 7) is 8.27. The molecule has 1 fully saturated rings. The number of carbonyl (C=O) groups excluding carboxylic acids is 1. The number of rotatable bonds is 7. The number of ether oxygens (including phenoxy) is 1. The molecule has 152 valence electrons. The molecule has 1 aliphatic heterocycles. The van der Waals surface area contributed by atoms with Gasteiger partial charge in [0.2, 0.25) is 5.91 Å². The molecule has 1 aliphatic rings. The van der Waals surface area contributed by atoms with Crippen LogP contribution in [-0.2, 0) is 16.0 Å². The molecule has 0 radical (unpaired) electrons. The van der Waals surface area contributed by atoms with Crippen LogP contribution in [0.3, 0.4) is 0 Å². The number of likely N-dealkylation sites (N-methyl/N-ethyl adjacent to an activating group) is 1. The monoisotopic (exact) mass is 378 g/mol. The van der Waals surface area contributed by atoms with E-state index in [0.29, 0.717) is 19.0 Å². The van der Waals surface area contributed by atoms with Crippen LogP contribution >= 0.6 is 0 Å². The summed E-state index contributed by atoms with van der Waals surface area (Å²) in [7, 11) is 1.88. The molecular weight excluding hydrogens is 344 g/mol. The van der Waals surface area contributed by atoms with Crippen LogP contribution in [0.15, 0.2) is 27.8 Å². The van der Waals surface area contributed by atoms with Gasteiger partial charge in [0.05, 0.1) is 25.5 Å². The molecule has 7 heteroatoms. The van der Waals surface area contributed by atoms with Gasteiger partial charge in [0.1, 0.15) is 5.76 Å². The summed E-state index contributed by atoms with van der Waals surface area (Å²) in [5, 5.41) is 6.33. The molecule has 1 saturated heterocycles. The zero-order valence-electron chi connectivity index (χ0n) is 17.1. The van der Waals surface area contributed by atoms with E-state index in [1.54, 1.807) is 6.26 Å². The van der Waals surface area contributed by atoms with Crippen LogP contribution in [0.1, 0.15) is 45.8 Å². The highest BCUT2D eigenvalue weighted by atomic mass is 16.5. The Labute approximate surface area is 162 Å². The molecule has 27 heavy (non-hydrogen) atoms. The number of hydrogen-bond donors (Lipinski definition) is 2. The minimum atomic E-state index is -0.252. The van der Waals surface area contributed by atoms with Crippen molar-refractivity contribution in [3.05, 3.63) is 24.2 Å². The topological polar surface area (TPSA) is 79.1 Å². The molecule has 1 aromatic rings. The van der Waals surface area contributed by atoms with Crippen molar-refractivity contribution < 1.29 is 13.9 Å². The first kappa shape index (κ1) is 21.3. The van der Waals surface area contributed by atoms with Crippen molar-refractivity contribution in [3.8, 4) is 0 Å². The Balaban J connectivity index is 1.92. The second-order valence-corrected chi connectivity index (χ2v) is 8.06. The molecule has 2 heterocycles. The molecule has 1 aromatic heterocycles. The average molecular weight is 379 g/mol. The maximum Gasteiger partial charge on any atom is 0.240 e. The van der Waals surface area contributed by atoms with Crippen LogP contribution in [0.4, 0.5) is 0 Å². The van der Waals surface area contributed by atoms with E-state index < -0.39 is 0 Å². The molecular formula is C20H34N4O3. The summed E-state index contributed by atoms with van der Waals surface area (Å²) >= 11 is 0. The second-order valence-electron chi connectivity index (χ2n) is 8.06. The van der Waals surface area contributed by atoms with Gasteiger partial charge in [-0.2, -0.15) is 0 Å². The lowest BCUT2D eigenvalue weighted by atomic mass is 10.1. The fourth-order valence-electron chi connectivity index (χ4n) is 2.95. The molecule has 1 unspecified atom stereocenters. The van der Waals surface area contributed by atoms with Gasteiger partial charge < -0.3 is 24.7 Å². The van der Waals surface area contributed by atoms with Gasteiger partial charge >= 0.3 is 0 Å². The number of aliphatic imine (C=N–C) groups is 1. The van der Waals surface area contributed by atoms with Gasteiger partial charge in [0.15, 0.2) is 5.96 Å². The van der Waals surface area contributed by atoms with Crippen LogP contribution in [0.5, 0.6) is 0 Å². The van der Waals surface area contributed by atoms with Gasteiger partial charge in [-0.15, -0.1) is 0 Å². The number of guanidine groups is 1. The van der Waals surface area contributed by atoms with Crippen molar-refractivity contribution in [2.45, 2.75) is 58.1 Å². The van der Waals surface area contributed by atoms with Gasteiger partial charge in [0.25, 0.3) is 0 Å². The molecule has 0 spiro atoms. The summed E-state index contributed by atoms with van der Waals surface area (Å²) in [4.78, 5) is 18.8. The number of amides is 1. The standard InChI is InChI=1S/C20H34N4O3/c1-20(2,3)23-18(25)15-24(4)19(21-11-10-16-9-7-13-26-16)22-14-17-8-5-6-12-27-17/h7,9,13,17H,5-6,8,10-12,14-15H2,1-4H3,(H,21,22)(H,23,25). The molecule has 0 aromatic carbocycles. The van der Waals surface area contributed by atoms with E-state index in [4.69, 9.17) is 14.1 Å². The van der Waals surface area contributed by atoms with Crippen LogP contribution in [0.2, 0.25) is 0 Å². The first-order valence-electron chi connectivity index (χ1n) is 9.78. The molecule has 0 saturated carbocycles. The number of carbonyl (C=O) groups is 1. The van der Waals surface area contributed by atoms with E-state index in [1.807, 2.05) is 44.9 Å². The van der Waals surface area contributed by atoms with Gasteiger partial charge in [-0.25, -0.2) is 0 Å². The summed E-state index contributed by atoms with van der Waals surface area (Å²) in [6, 6.07) is 3.84. The van der Waals surface area contributed by atoms with Crippen molar-refractivity contribution >= 4 is 11.9 Å². The Morgan fingerprint density at radius 1 is 1.37 bits per heavy atom. The highest BCUT2D eigenvalue weighted by molar-refractivity contribution is 5.86. The molecule has 1 amide bonds. The third kappa shape index (κ3) is 8.47. The first-order valence-corrected chi connectivity index (χ1v) is 9.78. The lowest BCUT2D eigenvalue weighted by Crippen LogP contribution is -2.49. The molecule has 7 nitrogen and oxygen atoms in total. The Morgan fingerprint density at radius 2 is 2.19 bits per heavy atom. The number of furan rings is 1. The minimum absolute atomic E-state index is 0.0283. The van der Waals surface area contributed by atoms with E-state index in [2.05, 4.69) is 10.6 Å². The van der Waals surface area contributed by atoms with Crippen LogP contribution in [-0.4, -0.2) is 61.7 Å². The molecule has 0 bridgehead atoms. The predicted molar refractivity (Wildman–Crippen MR) is 107 cm³/mol. The third-order valence-electron chi connectivity index (χ3n) is 4.21. The van der Waals surface area contributed by atoms with Crippen LogP contribution in [0, 0.1) is 0 Å². The average Bonchev–Trinajstić information content (AvgIpc) is 3.10. The predicted octanol–water partition coefficient (Wildman–Crippen LogP) is 2.18. The first-order chi connectivity index (χ1) is 12.8. The third-order valence-corrected chi connectivity index (χ3v) is 4.21. The Morgan fingerprint density at radius 3 is 2.81 bits per heavy atom. The molecule has 0 aliphatic carbocycles. The lowest BCUT2D eigenvalue weighted by Gasteiger charge is -2.26. The largest absolute Gasteiger partial charge is 0.469 e. The number of nitrogens with zero attached hydrogens (tertiary/aromatic N) is 2. The van der Waals surface area contributed by atoms with Crippen molar-refractivity contribution in [2.24, 2.45) is 4.99 Å². The second kappa shape index (κ2) is 10.3. The van der Waals surface area contributed by atoms with Crippen LogP contribution < -0.4 is 10.6 Å². The highest BCUT2D eigenvalue weighted by Crippen LogP contribution is 2.12. The van der Waals surface area contributed by atoms with Gasteiger partial charge in [-0.1, -0.05) is 0 Å². The highest BCUT2D eigenvalue weighted by Gasteiger charge is 2.18. The van der Waals surface area contributed by atoms with Crippen molar-refractivity contribution in [3.63, 3.8) is 0 Å². The minimum Gasteiger partial charge on any atom is -0.469 e. The van der Waals surface area contributed by atoms with Crippen molar-refractivity contribution in [1.82, 2.24) is 15.5 Å². The molecule has 2 N–H and O–H groups in total. The normalized spacial score (nSPS) is 18.2. The molecule has 1 atom stereocenters. The van der Waals surface area contributed by atoms with Crippen molar-refractivity contribution in [2.75, 3.05) is 33.3 Å². The number of hydrogen-bond acceptors (Lipinski definition) is 4. The fraction of sp³-hybridized carbons (Fsp3) is 0.700. The van der Waals surface area contributed by atoms with Gasteiger partial charge in [-0.3, -0.25) is 9.79 Å². The molecule has 2 rings (SSSR count). The van der Waals surface area contributed by atoms with Gasteiger partial charge in [-0.05, 0) is 52.2 Å². The summed E-state index contributed by atoms with van der Waals surface area (Å²) < 4.78 is 11.1. The van der Waals surface area contributed by atoms with E-state index in [0.717, 1.165) is 31.6 Å². The van der Waals surface area contributed by atoms with E-state index in [1.165, 1.54) is 6.42 Å². The summed E-state index contributed by atoms with van der Waals surface area (Å²) in [5.74, 6) is 1.60. The Kier molecular flexibility index (Phi) is 8.16. The van der Waals surface area contributed by atoms with E-state index in [9.17, 15) is 4.79 Å². The maximum atomic E-state index is 12.3. The van der Waals surface area contributed by atoms with E-state index in [-0.39, 0.29) is 24.1 Å².